The van der Waals surface area contributed by atoms with Crippen molar-refractivity contribution in [1.82, 2.24) is 13.9 Å². The van der Waals surface area contributed by atoms with Gasteiger partial charge in [0.1, 0.15) is 0 Å². The minimum atomic E-state index is -0.239. The molecule has 1 aromatic heterocycles. The lowest BCUT2D eigenvalue weighted by molar-refractivity contribution is 0.118. The van der Waals surface area contributed by atoms with E-state index in [0.29, 0.717) is 17.5 Å². The zero-order valence-corrected chi connectivity index (χ0v) is 13.5. The maximum Gasteiger partial charge on any atom is 0.352 e. The van der Waals surface area contributed by atoms with Crippen LogP contribution in [0, 0.1) is 23.7 Å². The number of hydrogen-bond donors (Lipinski definition) is 0. The van der Waals surface area contributed by atoms with Crippen LogP contribution in [-0.2, 0) is 0 Å². The summed E-state index contributed by atoms with van der Waals surface area (Å²) in [5.41, 5.74) is 0.151. The lowest BCUT2D eigenvalue weighted by Crippen LogP contribution is -2.50. The Morgan fingerprint density at radius 3 is 1.56 bits per heavy atom. The fourth-order valence-electron chi connectivity index (χ4n) is 5.12. The van der Waals surface area contributed by atoms with E-state index in [-0.39, 0.29) is 35.3 Å². The van der Waals surface area contributed by atoms with Crippen molar-refractivity contribution >= 4 is 0 Å². The number of aromatic nitrogens is 3. The molecule has 2 aromatic rings. The second-order valence-electron chi connectivity index (χ2n) is 7.37. The molecule has 2 aliphatic carbocycles. The molecule has 3 heterocycles. The molecular weight excluding hydrogens is 314 g/mol. The van der Waals surface area contributed by atoms with Crippen molar-refractivity contribution in [2.45, 2.75) is 12.1 Å². The standard InChI is InChI=1S/C20H17N3O2/c24-19-21(12-4-2-1-3-5-12)20(25)23-18-11-10-17(22(19)23)15-8-9-16(18)14-7-6-13(14)15/h1-11,13-18H. The summed E-state index contributed by atoms with van der Waals surface area (Å²) in [5.74, 6) is 1.42. The maximum atomic E-state index is 13.2. The third-order valence-electron chi connectivity index (χ3n) is 6.32. The summed E-state index contributed by atoms with van der Waals surface area (Å²) in [5, 5.41) is 0. The van der Waals surface area contributed by atoms with Crippen LogP contribution in [-0.4, -0.2) is 13.9 Å². The van der Waals surface area contributed by atoms with Crippen LogP contribution in [0.15, 0.2) is 76.4 Å². The molecular formula is C20H17N3O2. The van der Waals surface area contributed by atoms with Crippen molar-refractivity contribution in [3.05, 3.63) is 87.8 Å². The van der Waals surface area contributed by atoms with Crippen LogP contribution in [0.4, 0.5) is 0 Å². The maximum absolute atomic E-state index is 13.2. The van der Waals surface area contributed by atoms with Crippen molar-refractivity contribution in [2.24, 2.45) is 23.7 Å². The third kappa shape index (κ3) is 1.50. The van der Waals surface area contributed by atoms with Gasteiger partial charge in [-0.2, -0.15) is 0 Å². The molecule has 4 aliphatic rings. The molecule has 5 heteroatoms. The highest BCUT2D eigenvalue weighted by Crippen LogP contribution is 2.53. The number of benzene rings is 1. The van der Waals surface area contributed by atoms with E-state index >= 15 is 0 Å². The topological polar surface area (TPSA) is 48.9 Å². The largest absolute Gasteiger partial charge is 0.352 e. The highest BCUT2D eigenvalue weighted by Gasteiger charge is 2.49. The second kappa shape index (κ2) is 4.42. The van der Waals surface area contributed by atoms with Crippen molar-refractivity contribution < 1.29 is 0 Å². The highest BCUT2D eigenvalue weighted by atomic mass is 16.2. The molecule has 0 saturated carbocycles. The number of fused-ring (bicyclic) bond motifs is 2. The highest BCUT2D eigenvalue weighted by molar-refractivity contribution is 5.33. The Kier molecular flexibility index (Phi) is 2.38. The lowest BCUT2D eigenvalue weighted by atomic mass is 9.59. The molecule has 6 unspecified atom stereocenters. The van der Waals surface area contributed by atoms with Gasteiger partial charge in [0.2, 0.25) is 0 Å². The van der Waals surface area contributed by atoms with E-state index < -0.39 is 0 Å². The number of para-hydroxylation sites is 1. The third-order valence-corrected chi connectivity index (χ3v) is 6.32. The lowest BCUT2D eigenvalue weighted by Gasteiger charge is -2.50. The van der Waals surface area contributed by atoms with Crippen molar-refractivity contribution in [2.75, 3.05) is 0 Å². The van der Waals surface area contributed by atoms with E-state index in [0.717, 1.165) is 0 Å². The normalized spacial score (nSPS) is 35.8. The predicted molar refractivity (Wildman–Crippen MR) is 93.7 cm³/mol. The molecule has 0 radical (unpaired) electrons. The quantitative estimate of drug-likeness (QED) is 0.751. The molecule has 124 valence electrons. The van der Waals surface area contributed by atoms with Crippen LogP contribution in [0.2, 0.25) is 0 Å². The van der Waals surface area contributed by atoms with Gasteiger partial charge in [0.15, 0.2) is 0 Å². The fraction of sp³-hybridized carbons (Fsp3) is 0.300. The van der Waals surface area contributed by atoms with E-state index in [9.17, 15) is 9.59 Å². The predicted octanol–water partition coefficient (Wildman–Crippen LogP) is 2.07. The van der Waals surface area contributed by atoms with E-state index in [1.54, 1.807) is 9.36 Å². The second-order valence-corrected chi connectivity index (χ2v) is 7.37. The van der Waals surface area contributed by atoms with Crippen LogP contribution in [0.1, 0.15) is 12.1 Å². The zero-order valence-electron chi connectivity index (χ0n) is 13.5. The molecule has 4 bridgehead atoms. The Morgan fingerprint density at radius 1 is 0.600 bits per heavy atom. The summed E-state index contributed by atoms with van der Waals surface area (Å²) >= 11 is 0. The van der Waals surface area contributed by atoms with Gasteiger partial charge in [0.25, 0.3) is 0 Å². The molecule has 6 rings (SSSR count). The zero-order chi connectivity index (χ0) is 16.7. The fourth-order valence-corrected chi connectivity index (χ4v) is 5.12. The average molecular weight is 331 g/mol. The van der Waals surface area contributed by atoms with E-state index in [2.05, 4.69) is 36.5 Å². The Labute approximate surface area is 143 Å². The molecule has 0 N–H and O–H groups in total. The van der Waals surface area contributed by atoms with Gasteiger partial charge in [-0.05, 0) is 24.0 Å². The van der Waals surface area contributed by atoms with Crippen LogP contribution in [0.5, 0.6) is 0 Å². The van der Waals surface area contributed by atoms with Crippen LogP contribution >= 0.6 is 0 Å². The summed E-state index contributed by atoms with van der Waals surface area (Å²) in [6, 6.07) is 9.01. The van der Waals surface area contributed by atoms with Gasteiger partial charge in [-0.3, -0.25) is 0 Å². The van der Waals surface area contributed by atoms with Gasteiger partial charge >= 0.3 is 11.4 Å². The minimum absolute atomic E-state index is 0.101. The molecule has 25 heavy (non-hydrogen) atoms. The van der Waals surface area contributed by atoms with Crippen LogP contribution < -0.4 is 11.4 Å². The number of allylic oxidation sites excluding steroid dienone is 6. The van der Waals surface area contributed by atoms with Gasteiger partial charge in [-0.1, -0.05) is 54.7 Å². The Hall–Kier alpha value is -2.82. The van der Waals surface area contributed by atoms with Crippen molar-refractivity contribution in [3.8, 4) is 5.69 Å². The van der Waals surface area contributed by atoms with E-state index in [1.165, 1.54) is 4.57 Å². The van der Waals surface area contributed by atoms with Crippen molar-refractivity contribution in [1.29, 1.82) is 0 Å². The summed E-state index contributed by atoms with van der Waals surface area (Å²) in [6.45, 7) is 0. The Morgan fingerprint density at radius 2 is 1.08 bits per heavy atom. The van der Waals surface area contributed by atoms with Crippen molar-refractivity contribution in [3.63, 3.8) is 0 Å². The molecule has 0 fully saturated rings. The molecule has 0 amide bonds. The number of rotatable bonds is 1. The molecule has 6 atom stereocenters. The Balaban J connectivity index is 1.66. The molecule has 2 aliphatic heterocycles. The summed E-state index contributed by atoms with van der Waals surface area (Å²) in [7, 11) is 0. The minimum Gasteiger partial charge on any atom is -0.245 e. The molecule has 0 spiro atoms. The first-order chi connectivity index (χ1) is 12.3. The smallest absolute Gasteiger partial charge is 0.245 e. The number of hydrogen-bond acceptors (Lipinski definition) is 2. The van der Waals surface area contributed by atoms with E-state index in [1.807, 2.05) is 30.3 Å². The first kappa shape index (κ1) is 13.5. The summed E-state index contributed by atoms with van der Waals surface area (Å²) in [6.07, 6.45) is 13.3. The molecule has 1 aromatic carbocycles. The summed E-state index contributed by atoms with van der Waals surface area (Å²) < 4.78 is 4.71. The van der Waals surface area contributed by atoms with Crippen LogP contribution in [0.3, 0.4) is 0 Å². The van der Waals surface area contributed by atoms with Gasteiger partial charge in [0.05, 0.1) is 17.8 Å². The monoisotopic (exact) mass is 331 g/mol. The molecule has 5 nitrogen and oxygen atoms in total. The summed E-state index contributed by atoms with van der Waals surface area (Å²) in [4.78, 5) is 26.4. The first-order valence-electron chi connectivity index (χ1n) is 8.82. The van der Waals surface area contributed by atoms with Gasteiger partial charge in [-0.25, -0.2) is 23.5 Å². The van der Waals surface area contributed by atoms with Gasteiger partial charge in [0, 0.05) is 11.8 Å². The SMILES string of the molecule is O=c1n(-c2ccccc2)c(=O)n2n1C1C=CC2C2C=CC1C1C=CC12. The first-order valence-corrected chi connectivity index (χ1v) is 8.82. The average Bonchev–Trinajstić information content (AvgIpc) is 2.85. The van der Waals surface area contributed by atoms with Crippen LogP contribution in [0.25, 0.3) is 5.69 Å². The van der Waals surface area contributed by atoms with E-state index in [4.69, 9.17) is 0 Å². The number of nitrogens with zero attached hydrogens (tertiary/aromatic N) is 3. The van der Waals surface area contributed by atoms with Gasteiger partial charge < -0.3 is 0 Å². The van der Waals surface area contributed by atoms with Gasteiger partial charge in [-0.15, -0.1) is 0 Å². The molecule has 0 saturated heterocycles. The Bertz CT molecular complexity index is 1020.